The number of hydrogen-bond donors (Lipinski definition) is 1. The van der Waals surface area contributed by atoms with E-state index in [-0.39, 0.29) is 5.41 Å². The second kappa shape index (κ2) is 5.29. The summed E-state index contributed by atoms with van der Waals surface area (Å²) in [5.41, 5.74) is 3.44. The molecule has 1 aromatic carbocycles. The zero-order valence-electron chi connectivity index (χ0n) is 15.7. The fraction of sp³-hybridized carbons (Fsp3) is 0.714. The number of hydrogen-bond acceptors (Lipinski definition) is 4. The number of nitrogens with one attached hydrogen (secondary N) is 1. The quantitative estimate of drug-likeness (QED) is 0.906. The maximum absolute atomic E-state index is 5.77. The van der Waals surface area contributed by atoms with E-state index in [0.29, 0.717) is 17.5 Å². The average Bonchev–Trinajstić information content (AvgIpc) is 3.21. The lowest BCUT2D eigenvalue weighted by Gasteiger charge is -2.58. The van der Waals surface area contributed by atoms with E-state index in [0.717, 1.165) is 11.5 Å². The Morgan fingerprint density at radius 2 is 2.04 bits per heavy atom. The SMILES string of the molecule is CC[C@@]12CCCN3CC[C@@]4(c5ccc(OC)c(OC)c5N[C@H]4CC1)[C@H]32. The summed E-state index contributed by atoms with van der Waals surface area (Å²) in [4.78, 5) is 2.83. The van der Waals surface area contributed by atoms with Crippen molar-refractivity contribution in [1.82, 2.24) is 4.90 Å². The second-order valence-electron chi connectivity index (χ2n) is 8.51. The minimum atomic E-state index is 0.254. The van der Waals surface area contributed by atoms with Crippen molar-refractivity contribution in [2.75, 3.05) is 32.6 Å². The third-order valence-electron chi connectivity index (χ3n) is 7.99. The van der Waals surface area contributed by atoms with Crippen LogP contribution in [-0.4, -0.2) is 44.3 Å². The van der Waals surface area contributed by atoms with E-state index >= 15 is 0 Å². The van der Waals surface area contributed by atoms with Crippen molar-refractivity contribution in [3.05, 3.63) is 17.7 Å². The molecule has 3 aliphatic heterocycles. The Bertz CT molecular complexity index is 705. The maximum Gasteiger partial charge on any atom is 0.184 e. The number of rotatable bonds is 3. The Morgan fingerprint density at radius 1 is 1.16 bits per heavy atom. The first-order valence-electron chi connectivity index (χ1n) is 9.96. The predicted molar refractivity (Wildman–Crippen MR) is 99.8 cm³/mol. The van der Waals surface area contributed by atoms with Crippen molar-refractivity contribution in [3.8, 4) is 11.5 Å². The van der Waals surface area contributed by atoms with Crippen molar-refractivity contribution >= 4 is 5.69 Å². The van der Waals surface area contributed by atoms with Crippen molar-refractivity contribution < 1.29 is 9.47 Å². The molecule has 25 heavy (non-hydrogen) atoms. The molecular formula is C21H30N2O2. The number of ether oxygens (including phenoxy) is 2. The van der Waals surface area contributed by atoms with E-state index in [1.54, 1.807) is 14.2 Å². The molecule has 5 rings (SSSR count). The first kappa shape index (κ1) is 15.8. The van der Waals surface area contributed by atoms with Gasteiger partial charge in [0.15, 0.2) is 11.5 Å². The second-order valence-corrected chi connectivity index (χ2v) is 8.51. The third kappa shape index (κ3) is 1.77. The first-order chi connectivity index (χ1) is 12.2. The van der Waals surface area contributed by atoms with E-state index < -0.39 is 0 Å². The summed E-state index contributed by atoms with van der Waals surface area (Å²) < 4.78 is 11.3. The molecule has 4 atom stereocenters. The molecule has 0 radical (unpaired) electrons. The molecule has 0 aromatic heterocycles. The molecule has 136 valence electrons. The zero-order valence-corrected chi connectivity index (χ0v) is 15.7. The van der Waals surface area contributed by atoms with Gasteiger partial charge in [-0.2, -0.15) is 0 Å². The molecule has 4 aliphatic rings. The zero-order chi connectivity index (χ0) is 17.2. The van der Waals surface area contributed by atoms with Crippen LogP contribution in [0.25, 0.3) is 0 Å². The van der Waals surface area contributed by atoms with Gasteiger partial charge in [-0.25, -0.2) is 0 Å². The van der Waals surface area contributed by atoms with Gasteiger partial charge in [0.25, 0.3) is 0 Å². The third-order valence-corrected chi connectivity index (χ3v) is 7.99. The fourth-order valence-corrected chi connectivity index (χ4v) is 7.03. The Morgan fingerprint density at radius 3 is 2.80 bits per heavy atom. The summed E-state index contributed by atoms with van der Waals surface area (Å²) in [6.07, 6.45) is 8.00. The summed E-state index contributed by atoms with van der Waals surface area (Å²) in [6.45, 7) is 4.95. The molecule has 0 unspecified atom stereocenters. The van der Waals surface area contributed by atoms with Crippen LogP contribution in [0.5, 0.6) is 11.5 Å². The highest BCUT2D eigenvalue weighted by molar-refractivity contribution is 5.75. The Hall–Kier alpha value is -1.42. The molecule has 0 amide bonds. The highest BCUT2D eigenvalue weighted by Crippen LogP contribution is 2.65. The van der Waals surface area contributed by atoms with Crippen molar-refractivity contribution in [1.29, 1.82) is 0 Å². The molecule has 4 nitrogen and oxygen atoms in total. The lowest BCUT2D eigenvalue weighted by Crippen LogP contribution is -2.63. The predicted octanol–water partition coefficient (Wildman–Crippen LogP) is 3.79. The summed E-state index contributed by atoms with van der Waals surface area (Å²) in [7, 11) is 3.49. The van der Waals surface area contributed by atoms with Crippen LogP contribution >= 0.6 is 0 Å². The normalized spacial score (nSPS) is 38.5. The van der Waals surface area contributed by atoms with Crippen LogP contribution < -0.4 is 14.8 Å². The molecule has 1 aliphatic carbocycles. The Balaban J connectivity index is 1.71. The van der Waals surface area contributed by atoms with Crippen LogP contribution in [0.3, 0.4) is 0 Å². The summed E-state index contributed by atoms with van der Waals surface area (Å²) in [5, 5.41) is 3.89. The molecule has 1 N–H and O–H groups in total. The summed E-state index contributed by atoms with van der Waals surface area (Å²) in [6, 6.07) is 5.66. The summed E-state index contributed by atoms with van der Waals surface area (Å²) in [5.74, 6) is 1.73. The van der Waals surface area contributed by atoms with Gasteiger partial charge in [0.05, 0.1) is 19.9 Å². The number of fused-ring (bicyclic) bond motifs is 1. The van der Waals surface area contributed by atoms with Crippen molar-refractivity contribution in [2.45, 2.75) is 62.9 Å². The van der Waals surface area contributed by atoms with Gasteiger partial charge in [0, 0.05) is 17.5 Å². The lowest BCUT2D eigenvalue weighted by atomic mass is 9.52. The maximum atomic E-state index is 5.77. The van der Waals surface area contributed by atoms with Crippen LogP contribution in [0.15, 0.2) is 12.1 Å². The molecule has 1 saturated carbocycles. The average molecular weight is 342 g/mol. The van der Waals surface area contributed by atoms with Crippen LogP contribution in [0.1, 0.15) is 51.0 Å². The van der Waals surface area contributed by atoms with E-state index in [2.05, 4.69) is 29.3 Å². The van der Waals surface area contributed by atoms with Crippen LogP contribution in [0.2, 0.25) is 0 Å². The van der Waals surface area contributed by atoms with Gasteiger partial charge in [-0.3, -0.25) is 4.90 Å². The monoisotopic (exact) mass is 342 g/mol. The standard InChI is InChI=1S/C21H30N2O2/c1-4-20-9-5-12-23-13-11-21(19(20)23)14-6-7-15(24-2)18(25-3)17(14)22-16(21)8-10-20/h6-7,16,19,22H,4-5,8-13H2,1-3H3/t16-,19+,20+,21-/m0/s1. The molecule has 2 saturated heterocycles. The van der Waals surface area contributed by atoms with Gasteiger partial charge in [-0.1, -0.05) is 13.0 Å². The van der Waals surface area contributed by atoms with Gasteiger partial charge >= 0.3 is 0 Å². The van der Waals surface area contributed by atoms with Gasteiger partial charge in [0.1, 0.15) is 0 Å². The van der Waals surface area contributed by atoms with E-state index in [1.807, 2.05) is 0 Å². The van der Waals surface area contributed by atoms with Crippen molar-refractivity contribution in [3.63, 3.8) is 0 Å². The van der Waals surface area contributed by atoms with E-state index in [9.17, 15) is 0 Å². The van der Waals surface area contributed by atoms with Crippen LogP contribution in [0.4, 0.5) is 5.69 Å². The van der Waals surface area contributed by atoms with Gasteiger partial charge in [-0.15, -0.1) is 0 Å². The molecule has 1 spiro atoms. The Kier molecular flexibility index (Phi) is 3.35. The van der Waals surface area contributed by atoms with Gasteiger partial charge < -0.3 is 14.8 Å². The summed E-state index contributed by atoms with van der Waals surface area (Å²) >= 11 is 0. The number of nitrogens with zero attached hydrogens (tertiary/aromatic N) is 1. The minimum Gasteiger partial charge on any atom is -0.493 e. The smallest absolute Gasteiger partial charge is 0.184 e. The molecule has 3 fully saturated rings. The van der Waals surface area contributed by atoms with Crippen LogP contribution in [0, 0.1) is 5.41 Å². The van der Waals surface area contributed by atoms with Gasteiger partial charge in [-0.05, 0) is 68.7 Å². The number of piperidine rings is 1. The van der Waals surface area contributed by atoms with E-state index in [1.165, 1.54) is 62.9 Å². The lowest BCUT2D eigenvalue weighted by molar-refractivity contribution is -0.0309. The van der Waals surface area contributed by atoms with E-state index in [4.69, 9.17) is 9.47 Å². The number of benzene rings is 1. The highest BCUT2D eigenvalue weighted by Gasteiger charge is 2.66. The molecule has 4 heteroatoms. The van der Waals surface area contributed by atoms with Crippen LogP contribution in [-0.2, 0) is 5.41 Å². The number of anilines is 1. The minimum absolute atomic E-state index is 0.254. The molecule has 0 bridgehead atoms. The molecule has 1 aromatic rings. The van der Waals surface area contributed by atoms with Gasteiger partial charge in [0.2, 0.25) is 0 Å². The van der Waals surface area contributed by atoms with Crippen molar-refractivity contribution in [2.24, 2.45) is 5.41 Å². The highest BCUT2D eigenvalue weighted by atomic mass is 16.5. The molecular weight excluding hydrogens is 312 g/mol. The molecule has 3 heterocycles. The largest absolute Gasteiger partial charge is 0.493 e. The first-order valence-corrected chi connectivity index (χ1v) is 9.96. The number of methoxy groups -OCH3 is 2. The topological polar surface area (TPSA) is 33.7 Å². The Labute approximate surface area is 150 Å². The fourth-order valence-electron chi connectivity index (χ4n) is 7.03.